The summed E-state index contributed by atoms with van der Waals surface area (Å²) in [5.74, 6) is 2.62. The fraction of sp³-hybridized carbons (Fsp3) is 0.261. The smallest absolute Gasteiger partial charge is 0.191 e. The fourth-order valence-corrected chi connectivity index (χ4v) is 2.80. The number of furan rings is 1. The Morgan fingerprint density at radius 2 is 1.59 bits per heavy atom. The predicted molar refractivity (Wildman–Crippen MR) is 128 cm³/mol. The summed E-state index contributed by atoms with van der Waals surface area (Å²) in [5.41, 5.74) is 2.44. The van der Waals surface area contributed by atoms with Gasteiger partial charge in [-0.25, -0.2) is 4.99 Å². The second kappa shape index (κ2) is 12.9. The minimum Gasteiger partial charge on any atom is -0.497 e. The maximum absolute atomic E-state index is 5.39. The van der Waals surface area contributed by atoms with Crippen molar-refractivity contribution in [3.05, 3.63) is 89.9 Å². The number of methoxy groups -OCH3 is 1. The molecule has 5 nitrogen and oxygen atoms in total. The number of benzene rings is 2. The zero-order valence-corrected chi connectivity index (χ0v) is 19.0. The third-order valence-corrected chi connectivity index (χ3v) is 4.37. The molecule has 0 aliphatic heterocycles. The van der Waals surface area contributed by atoms with Crippen molar-refractivity contribution in [2.24, 2.45) is 4.99 Å². The average molecular weight is 505 g/mol. The molecule has 0 unspecified atom stereocenters. The molecule has 0 amide bonds. The van der Waals surface area contributed by atoms with Gasteiger partial charge < -0.3 is 19.8 Å². The Kier molecular flexibility index (Phi) is 10.1. The summed E-state index contributed by atoms with van der Waals surface area (Å²) in [5, 5.41) is 6.82. The molecule has 0 spiro atoms. The number of ether oxygens (including phenoxy) is 1. The first-order valence-electron chi connectivity index (χ1n) is 9.55. The Morgan fingerprint density at radius 1 is 0.862 bits per heavy atom. The quantitative estimate of drug-likeness (QED) is 0.257. The molecule has 154 valence electrons. The lowest BCUT2D eigenvalue weighted by Gasteiger charge is -2.12. The highest BCUT2D eigenvalue weighted by molar-refractivity contribution is 14.0. The van der Waals surface area contributed by atoms with Gasteiger partial charge >= 0.3 is 0 Å². The highest BCUT2D eigenvalue weighted by atomic mass is 127. The van der Waals surface area contributed by atoms with Gasteiger partial charge in [0.25, 0.3) is 0 Å². The van der Waals surface area contributed by atoms with Crippen LogP contribution in [0.5, 0.6) is 5.75 Å². The summed E-state index contributed by atoms with van der Waals surface area (Å²) in [4.78, 5) is 4.72. The lowest BCUT2D eigenvalue weighted by molar-refractivity contribution is 0.414. The molecule has 1 aromatic heterocycles. The second-order valence-electron chi connectivity index (χ2n) is 6.43. The van der Waals surface area contributed by atoms with Crippen molar-refractivity contribution < 1.29 is 9.15 Å². The monoisotopic (exact) mass is 505 g/mol. The van der Waals surface area contributed by atoms with Crippen molar-refractivity contribution in [3.8, 4) is 5.75 Å². The van der Waals surface area contributed by atoms with Gasteiger partial charge in [0.05, 0.1) is 19.9 Å². The molecule has 0 atom stereocenters. The van der Waals surface area contributed by atoms with E-state index in [-0.39, 0.29) is 24.0 Å². The number of hydrogen-bond donors (Lipinski definition) is 2. The highest BCUT2D eigenvalue weighted by Gasteiger charge is 2.02. The third kappa shape index (κ3) is 8.19. The predicted octanol–water partition coefficient (Wildman–Crippen LogP) is 4.43. The van der Waals surface area contributed by atoms with Crippen LogP contribution in [-0.4, -0.2) is 26.2 Å². The molecule has 2 aromatic carbocycles. The molecule has 0 fully saturated rings. The van der Waals surface area contributed by atoms with Gasteiger partial charge in [-0.15, -0.1) is 24.0 Å². The maximum Gasteiger partial charge on any atom is 0.191 e. The van der Waals surface area contributed by atoms with Crippen LogP contribution in [0.3, 0.4) is 0 Å². The van der Waals surface area contributed by atoms with Crippen LogP contribution in [-0.2, 0) is 19.4 Å². The molecule has 0 aliphatic carbocycles. The van der Waals surface area contributed by atoms with Gasteiger partial charge in [0, 0.05) is 19.5 Å². The van der Waals surface area contributed by atoms with Gasteiger partial charge in [-0.1, -0.05) is 42.5 Å². The molecule has 6 heteroatoms. The first kappa shape index (κ1) is 22.8. The highest BCUT2D eigenvalue weighted by Crippen LogP contribution is 2.11. The first-order valence-corrected chi connectivity index (χ1v) is 9.55. The van der Waals surface area contributed by atoms with Gasteiger partial charge in [0.2, 0.25) is 0 Å². The van der Waals surface area contributed by atoms with E-state index in [4.69, 9.17) is 14.1 Å². The van der Waals surface area contributed by atoms with Crippen LogP contribution in [0.2, 0.25) is 0 Å². The van der Waals surface area contributed by atoms with E-state index in [0.717, 1.165) is 49.0 Å². The Bertz CT molecular complexity index is 834. The van der Waals surface area contributed by atoms with Gasteiger partial charge in [-0.3, -0.25) is 0 Å². The zero-order chi connectivity index (χ0) is 19.4. The largest absolute Gasteiger partial charge is 0.497 e. The Morgan fingerprint density at radius 3 is 2.24 bits per heavy atom. The Balaban J connectivity index is 0.00000300. The zero-order valence-electron chi connectivity index (χ0n) is 16.6. The summed E-state index contributed by atoms with van der Waals surface area (Å²) in [6, 6.07) is 22.3. The van der Waals surface area contributed by atoms with Crippen LogP contribution < -0.4 is 15.4 Å². The summed E-state index contributed by atoms with van der Waals surface area (Å²) in [6.07, 6.45) is 3.46. The van der Waals surface area contributed by atoms with Gasteiger partial charge in [0.15, 0.2) is 5.96 Å². The van der Waals surface area contributed by atoms with E-state index in [1.54, 1.807) is 13.4 Å². The molecule has 0 saturated carbocycles. The molecule has 29 heavy (non-hydrogen) atoms. The molecule has 0 radical (unpaired) electrons. The van der Waals surface area contributed by atoms with Crippen LogP contribution in [0.25, 0.3) is 0 Å². The number of nitrogens with zero attached hydrogens (tertiary/aromatic N) is 1. The number of nitrogens with one attached hydrogen (secondary N) is 2. The maximum atomic E-state index is 5.39. The molecular formula is C23H28IN3O2. The normalized spacial score (nSPS) is 10.9. The lowest BCUT2D eigenvalue weighted by Crippen LogP contribution is -2.39. The number of halogens is 1. The van der Waals surface area contributed by atoms with Crippen molar-refractivity contribution >= 4 is 29.9 Å². The molecule has 3 aromatic rings. The van der Waals surface area contributed by atoms with Crippen molar-refractivity contribution in [2.75, 3.05) is 20.2 Å². The second-order valence-corrected chi connectivity index (χ2v) is 6.43. The van der Waals surface area contributed by atoms with Crippen LogP contribution >= 0.6 is 24.0 Å². The standard InChI is InChI=1S/C23H27N3O2.HI/c1-27-21-11-9-20(10-12-21)18-26-23(25-16-14-22-8-5-17-28-22)24-15-13-19-6-3-2-4-7-19;/h2-12,17H,13-16,18H2,1H3,(H2,24,25,26);1H. The summed E-state index contributed by atoms with van der Waals surface area (Å²) >= 11 is 0. The molecular weight excluding hydrogens is 477 g/mol. The third-order valence-electron chi connectivity index (χ3n) is 4.37. The van der Waals surface area contributed by atoms with E-state index in [1.165, 1.54) is 5.56 Å². The van der Waals surface area contributed by atoms with Crippen molar-refractivity contribution in [2.45, 2.75) is 19.4 Å². The molecule has 3 rings (SSSR count). The molecule has 1 heterocycles. The molecule has 0 aliphatic rings. The van der Waals surface area contributed by atoms with Crippen LogP contribution in [0, 0.1) is 0 Å². The van der Waals surface area contributed by atoms with Crippen molar-refractivity contribution in [1.29, 1.82) is 0 Å². The van der Waals surface area contributed by atoms with Crippen molar-refractivity contribution in [1.82, 2.24) is 10.6 Å². The molecule has 0 bridgehead atoms. The topological polar surface area (TPSA) is 58.8 Å². The van der Waals surface area contributed by atoms with Gasteiger partial charge in [-0.2, -0.15) is 0 Å². The fourth-order valence-electron chi connectivity index (χ4n) is 2.80. The average Bonchev–Trinajstić information content (AvgIpc) is 3.26. The Labute approximate surface area is 189 Å². The SMILES string of the molecule is COc1ccc(CN=C(NCCc2ccccc2)NCCc2ccco2)cc1.I. The number of guanidine groups is 1. The van der Waals surface area contributed by atoms with Crippen LogP contribution in [0.15, 0.2) is 82.4 Å². The summed E-state index contributed by atoms with van der Waals surface area (Å²) < 4.78 is 10.6. The lowest BCUT2D eigenvalue weighted by atomic mass is 10.1. The van der Waals surface area contributed by atoms with Crippen LogP contribution in [0.1, 0.15) is 16.9 Å². The van der Waals surface area contributed by atoms with E-state index in [0.29, 0.717) is 6.54 Å². The van der Waals surface area contributed by atoms with Gasteiger partial charge in [-0.05, 0) is 41.8 Å². The van der Waals surface area contributed by atoms with Gasteiger partial charge in [0.1, 0.15) is 11.5 Å². The van der Waals surface area contributed by atoms with E-state index >= 15 is 0 Å². The minimum absolute atomic E-state index is 0. The van der Waals surface area contributed by atoms with E-state index in [1.807, 2.05) is 42.5 Å². The number of hydrogen-bond acceptors (Lipinski definition) is 3. The summed E-state index contributed by atoms with van der Waals surface area (Å²) in [7, 11) is 1.67. The molecule has 2 N–H and O–H groups in total. The molecule has 0 saturated heterocycles. The van der Waals surface area contributed by atoms with E-state index in [2.05, 4.69) is 34.9 Å². The Hall–Kier alpha value is -2.48. The van der Waals surface area contributed by atoms with Crippen molar-refractivity contribution in [3.63, 3.8) is 0 Å². The minimum atomic E-state index is 0. The van der Waals surface area contributed by atoms with Crippen LogP contribution in [0.4, 0.5) is 0 Å². The number of aliphatic imine (C=N–C) groups is 1. The van der Waals surface area contributed by atoms with E-state index < -0.39 is 0 Å². The summed E-state index contributed by atoms with van der Waals surface area (Å²) in [6.45, 7) is 2.18. The van der Waals surface area contributed by atoms with E-state index in [9.17, 15) is 0 Å². The first-order chi connectivity index (χ1) is 13.8. The number of rotatable bonds is 9.